The molecule has 0 aliphatic carbocycles. The van der Waals surface area contributed by atoms with E-state index in [1.807, 2.05) is 55.4 Å². The summed E-state index contributed by atoms with van der Waals surface area (Å²) in [5.41, 5.74) is 4.61. The highest BCUT2D eigenvalue weighted by Crippen LogP contribution is 2.39. The van der Waals surface area contributed by atoms with Gasteiger partial charge in [-0.3, -0.25) is 4.79 Å². The number of rotatable bonds is 4. The summed E-state index contributed by atoms with van der Waals surface area (Å²) in [6, 6.07) is 18.6. The zero-order chi connectivity index (χ0) is 24.6. The van der Waals surface area contributed by atoms with Gasteiger partial charge in [-0.1, -0.05) is 45.0 Å². The molecule has 0 amide bonds. The van der Waals surface area contributed by atoms with Crippen molar-refractivity contribution in [1.82, 2.24) is 0 Å². The smallest absolute Gasteiger partial charge is 0.343 e. The molecule has 1 aliphatic rings. The van der Waals surface area contributed by atoms with Crippen LogP contribution in [0, 0.1) is 6.92 Å². The van der Waals surface area contributed by atoms with Gasteiger partial charge in [-0.2, -0.15) is 0 Å². The average molecular weight is 456 g/mol. The standard InChI is InChI=1S/C29H29NO4/c1-18-24(34-28(32)20-9-11-21(12-10-20)29(2,3)4)16-15-23-26(31)25(33-27(18)23)17-19-7-13-22(14-8-19)30(5)6/h7-17H,1-6H3/b25-17-. The summed E-state index contributed by atoms with van der Waals surface area (Å²) in [6.45, 7) is 8.15. The molecule has 0 bridgehead atoms. The molecule has 3 aromatic carbocycles. The molecule has 3 aromatic rings. The number of fused-ring (bicyclic) bond motifs is 1. The third kappa shape index (κ3) is 4.60. The minimum atomic E-state index is -0.454. The van der Waals surface area contributed by atoms with Crippen LogP contribution in [0.1, 0.15) is 58.2 Å². The van der Waals surface area contributed by atoms with Gasteiger partial charge in [-0.15, -0.1) is 0 Å². The fourth-order valence-corrected chi connectivity index (χ4v) is 3.76. The van der Waals surface area contributed by atoms with Crippen molar-refractivity contribution < 1.29 is 19.1 Å². The van der Waals surface area contributed by atoms with Crippen molar-refractivity contribution in [3.05, 3.63) is 94.2 Å². The van der Waals surface area contributed by atoms with Crippen LogP contribution in [0.4, 0.5) is 5.69 Å². The molecule has 0 fully saturated rings. The number of hydrogen-bond donors (Lipinski definition) is 0. The van der Waals surface area contributed by atoms with E-state index in [9.17, 15) is 9.59 Å². The number of esters is 1. The molecule has 5 heteroatoms. The first-order valence-corrected chi connectivity index (χ1v) is 11.2. The molecule has 4 rings (SSSR count). The highest BCUT2D eigenvalue weighted by molar-refractivity contribution is 6.15. The van der Waals surface area contributed by atoms with Crippen molar-refractivity contribution in [3.63, 3.8) is 0 Å². The first-order valence-electron chi connectivity index (χ1n) is 11.2. The van der Waals surface area contributed by atoms with Crippen LogP contribution in [0.25, 0.3) is 6.08 Å². The van der Waals surface area contributed by atoms with E-state index in [0.29, 0.717) is 28.2 Å². The molecule has 0 saturated carbocycles. The lowest BCUT2D eigenvalue weighted by molar-refractivity contribution is 0.0733. The lowest BCUT2D eigenvalue weighted by Crippen LogP contribution is -2.13. The molecule has 5 nitrogen and oxygen atoms in total. The van der Waals surface area contributed by atoms with Crippen LogP contribution < -0.4 is 14.4 Å². The quantitative estimate of drug-likeness (QED) is 0.267. The number of nitrogens with zero attached hydrogens (tertiary/aromatic N) is 1. The van der Waals surface area contributed by atoms with Crippen LogP contribution in [0.2, 0.25) is 0 Å². The lowest BCUT2D eigenvalue weighted by Gasteiger charge is -2.19. The SMILES string of the molecule is Cc1c(OC(=O)c2ccc(C(C)(C)C)cc2)ccc2c1O/C(=C\c1ccc(N(C)C)cc1)C2=O. The van der Waals surface area contributed by atoms with Gasteiger partial charge in [-0.25, -0.2) is 4.79 Å². The van der Waals surface area contributed by atoms with Gasteiger partial charge in [0.2, 0.25) is 5.78 Å². The summed E-state index contributed by atoms with van der Waals surface area (Å²) in [5, 5.41) is 0. The predicted molar refractivity (Wildman–Crippen MR) is 135 cm³/mol. The van der Waals surface area contributed by atoms with Crippen molar-refractivity contribution in [1.29, 1.82) is 0 Å². The summed E-state index contributed by atoms with van der Waals surface area (Å²) in [5.74, 6) is 0.398. The van der Waals surface area contributed by atoms with E-state index in [4.69, 9.17) is 9.47 Å². The van der Waals surface area contributed by atoms with Crippen LogP contribution in [-0.2, 0) is 5.41 Å². The number of ketones is 1. The largest absolute Gasteiger partial charge is 0.452 e. The topological polar surface area (TPSA) is 55.8 Å². The molecule has 0 radical (unpaired) electrons. The number of benzene rings is 3. The number of ether oxygens (including phenoxy) is 2. The molecule has 0 atom stereocenters. The molecule has 1 aliphatic heterocycles. The third-order valence-corrected chi connectivity index (χ3v) is 5.93. The second-order valence-electron chi connectivity index (χ2n) is 9.71. The van der Waals surface area contributed by atoms with Crippen molar-refractivity contribution in [2.45, 2.75) is 33.1 Å². The first-order chi connectivity index (χ1) is 16.0. The number of anilines is 1. The normalized spacial score (nSPS) is 14.1. The van der Waals surface area contributed by atoms with Crippen LogP contribution in [0.15, 0.2) is 66.4 Å². The monoisotopic (exact) mass is 455 g/mol. The van der Waals surface area contributed by atoms with Gasteiger partial charge in [0.1, 0.15) is 11.5 Å². The molecule has 0 aromatic heterocycles. The molecule has 0 saturated heterocycles. The van der Waals surface area contributed by atoms with Crippen LogP contribution >= 0.6 is 0 Å². The van der Waals surface area contributed by atoms with Gasteiger partial charge in [0, 0.05) is 25.3 Å². The molecular formula is C29H29NO4. The third-order valence-electron chi connectivity index (χ3n) is 5.93. The Bertz CT molecular complexity index is 1280. The molecule has 0 unspecified atom stereocenters. The Kier molecular flexibility index (Phi) is 6.05. The van der Waals surface area contributed by atoms with Gasteiger partial charge in [-0.05, 0) is 65.9 Å². The van der Waals surface area contributed by atoms with Crippen molar-refractivity contribution in [2.24, 2.45) is 0 Å². The maximum absolute atomic E-state index is 12.9. The number of carbonyl (C=O) groups is 2. The van der Waals surface area contributed by atoms with Gasteiger partial charge < -0.3 is 14.4 Å². The van der Waals surface area contributed by atoms with E-state index in [0.717, 1.165) is 16.8 Å². The maximum atomic E-state index is 12.9. The number of hydrogen-bond acceptors (Lipinski definition) is 5. The highest BCUT2D eigenvalue weighted by Gasteiger charge is 2.30. The molecule has 1 heterocycles. The lowest BCUT2D eigenvalue weighted by atomic mass is 9.87. The Hall–Kier alpha value is -3.86. The van der Waals surface area contributed by atoms with E-state index < -0.39 is 5.97 Å². The van der Waals surface area contributed by atoms with E-state index in [-0.39, 0.29) is 17.0 Å². The first kappa shape index (κ1) is 23.3. The van der Waals surface area contributed by atoms with Gasteiger partial charge in [0.15, 0.2) is 5.76 Å². The fraction of sp³-hybridized carbons (Fsp3) is 0.241. The van der Waals surface area contributed by atoms with E-state index in [1.165, 1.54) is 0 Å². The maximum Gasteiger partial charge on any atom is 0.343 e. The zero-order valence-corrected chi connectivity index (χ0v) is 20.4. The molecule has 0 N–H and O–H groups in total. The Labute approximate surface area is 200 Å². The number of allylic oxidation sites excluding steroid dienone is 1. The Morgan fingerprint density at radius 1 is 0.941 bits per heavy atom. The number of carbonyl (C=O) groups excluding carboxylic acids is 2. The van der Waals surface area contributed by atoms with Gasteiger partial charge in [0.05, 0.1) is 11.1 Å². The second kappa shape index (κ2) is 8.82. The molecular weight excluding hydrogens is 426 g/mol. The number of Topliss-reactive ketones (excluding diaryl/α,β-unsaturated/α-hetero) is 1. The zero-order valence-electron chi connectivity index (χ0n) is 20.4. The molecule has 34 heavy (non-hydrogen) atoms. The summed E-state index contributed by atoms with van der Waals surface area (Å²) >= 11 is 0. The van der Waals surface area contributed by atoms with Crippen molar-refractivity contribution in [3.8, 4) is 11.5 Å². The van der Waals surface area contributed by atoms with Crippen molar-refractivity contribution >= 4 is 23.5 Å². The Balaban J connectivity index is 1.54. The van der Waals surface area contributed by atoms with Gasteiger partial charge in [0.25, 0.3) is 0 Å². The van der Waals surface area contributed by atoms with Crippen LogP contribution in [0.3, 0.4) is 0 Å². The van der Waals surface area contributed by atoms with E-state index in [2.05, 4.69) is 20.8 Å². The summed E-state index contributed by atoms with van der Waals surface area (Å²) in [7, 11) is 3.95. The highest BCUT2D eigenvalue weighted by atomic mass is 16.5. The second-order valence-corrected chi connectivity index (χ2v) is 9.71. The summed E-state index contributed by atoms with van der Waals surface area (Å²) in [6.07, 6.45) is 1.73. The van der Waals surface area contributed by atoms with E-state index >= 15 is 0 Å². The van der Waals surface area contributed by atoms with E-state index in [1.54, 1.807) is 37.3 Å². The minimum Gasteiger partial charge on any atom is -0.452 e. The van der Waals surface area contributed by atoms with Gasteiger partial charge >= 0.3 is 5.97 Å². The minimum absolute atomic E-state index is 0.00248. The molecule has 0 spiro atoms. The summed E-state index contributed by atoms with van der Waals surface area (Å²) < 4.78 is 11.6. The Morgan fingerprint density at radius 3 is 2.18 bits per heavy atom. The molecule has 174 valence electrons. The predicted octanol–water partition coefficient (Wildman–Crippen LogP) is 6.19. The summed E-state index contributed by atoms with van der Waals surface area (Å²) in [4.78, 5) is 27.6. The average Bonchev–Trinajstić information content (AvgIpc) is 3.11. The van der Waals surface area contributed by atoms with Crippen molar-refractivity contribution in [2.75, 3.05) is 19.0 Å². The van der Waals surface area contributed by atoms with Crippen LogP contribution in [0.5, 0.6) is 11.5 Å². The van der Waals surface area contributed by atoms with Crippen LogP contribution in [-0.4, -0.2) is 25.8 Å². The fourth-order valence-electron chi connectivity index (χ4n) is 3.76. The Morgan fingerprint density at radius 2 is 1.59 bits per heavy atom.